The van der Waals surface area contributed by atoms with Gasteiger partial charge in [0.05, 0.1) is 19.1 Å². The van der Waals surface area contributed by atoms with Gasteiger partial charge in [0.2, 0.25) is 6.79 Å². The number of ether oxygens (including phenoxy) is 2. The first-order valence-electron chi connectivity index (χ1n) is 11.9. The Labute approximate surface area is 212 Å². The molecule has 2 aromatic carbocycles. The summed E-state index contributed by atoms with van der Waals surface area (Å²) in [5.74, 6) is 0.689. The first kappa shape index (κ1) is 25.8. The van der Waals surface area contributed by atoms with Crippen molar-refractivity contribution in [1.29, 1.82) is 0 Å². The van der Waals surface area contributed by atoms with Crippen molar-refractivity contribution in [3.63, 3.8) is 0 Å². The van der Waals surface area contributed by atoms with Crippen LogP contribution >= 0.6 is 0 Å². The molecule has 2 heterocycles. The van der Waals surface area contributed by atoms with Crippen molar-refractivity contribution in [2.45, 2.75) is 31.8 Å². The van der Waals surface area contributed by atoms with Crippen LogP contribution in [-0.2, 0) is 4.74 Å². The Hall–Kier alpha value is -3.24. The summed E-state index contributed by atoms with van der Waals surface area (Å²) in [6.07, 6.45) is 0.801. The maximum absolute atomic E-state index is 10.1. The van der Waals surface area contributed by atoms with Crippen LogP contribution in [0.15, 0.2) is 60.8 Å². The molecule has 4 aromatic rings. The minimum absolute atomic E-state index is 0.0666. The Morgan fingerprint density at radius 3 is 2.58 bits per heavy atom. The van der Waals surface area contributed by atoms with Crippen LogP contribution in [0.25, 0.3) is 33.4 Å². The third-order valence-corrected chi connectivity index (χ3v) is 7.59. The largest absolute Gasteiger partial charge is 0.496 e. The van der Waals surface area contributed by atoms with Crippen molar-refractivity contribution in [2.75, 3.05) is 27.1 Å². The third kappa shape index (κ3) is 5.93. The molecule has 2 aromatic heterocycles. The molecule has 0 radical (unpaired) electrons. The maximum atomic E-state index is 10.1. The zero-order chi connectivity index (χ0) is 25.7. The molecule has 1 unspecified atom stereocenters. The number of aliphatic hydroxyl groups excluding tert-OH is 2. The SMILES string of the molecule is COc1ccccc1-c1nn(OCOCC[Si](C)(C)C)c2ncc(-c3cccc(C(O)CO)c3)cc12. The van der Waals surface area contributed by atoms with Crippen LogP contribution in [0.4, 0.5) is 0 Å². The smallest absolute Gasteiger partial charge is 0.216 e. The number of pyridine rings is 1. The second-order valence-electron chi connectivity index (χ2n) is 9.81. The van der Waals surface area contributed by atoms with Crippen molar-refractivity contribution in [3.8, 4) is 28.1 Å². The van der Waals surface area contributed by atoms with Gasteiger partial charge < -0.3 is 24.5 Å². The lowest BCUT2D eigenvalue weighted by Crippen LogP contribution is -2.23. The number of benzene rings is 2. The summed E-state index contributed by atoms with van der Waals surface area (Å²) in [7, 11) is 0.436. The van der Waals surface area contributed by atoms with E-state index in [0.29, 0.717) is 29.3 Å². The fourth-order valence-electron chi connectivity index (χ4n) is 3.82. The average molecular weight is 508 g/mol. The van der Waals surface area contributed by atoms with E-state index in [1.807, 2.05) is 48.5 Å². The Morgan fingerprint density at radius 2 is 1.83 bits per heavy atom. The monoisotopic (exact) mass is 507 g/mol. The molecule has 4 rings (SSSR count). The number of methoxy groups -OCH3 is 1. The molecule has 36 heavy (non-hydrogen) atoms. The molecule has 0 saturated heterocycles. The van der Waals surface area contributed by atoms with Gasteiger partial charge in [0, 0.05) is 32.0 Å². The molecule has 0 aliphatic rings. The second-order valence-corrected chi connectivity index (χ2v) is 15.4. The molecule has 2 N–H and O–H groups in total. The molecular weight excluding hydrogens is 474 g/mol. The van der Waals surface area contributed by atoms with Crippen LogP contribution in [0.5, 0.6) is 5.75 Å². The van der Waals surface area contributed by atoms with Crippen LogP contribution in [0.1, 0.15) is 11.7 Å². The number of hydrogen-bond acceptors (Lipinski definition) is 7. The van der Waals surface area contributed by atoms with Gasteiger partial charge in [0.15, 0.2) is 5.65 Å². The van der Waals surface area contributed by atoms with Crippen LogP contribution in [0, 0.1) is 0 Å². The molecule has 0 spiro atoms. The van der Waals surface area contributed by atoms with Gasteiger partial charge in [-0.1, -0.05) is 54.8 Å². The molecule has 0 amide bonds. The number of fused-ring (bicyclic) bond motifs is 1. The van der Waals surface area contributed by atoms with Gasteiger partial charge in [0.1, 0.15) is 17.5 Å². The summed E-state index contributed by atoms with van der Waals surface area (Å²) in [5.41, 5.74) is 4.38. The van der Waals surface area contributed by atoms with Crippen molar-refractivity contribution in [2.24, 2.45) is 0 Å². The molecule has 190 valence electrons. The van der Waals surface area contributed by atoms with Gasteiger partial charge in [-0.2, -0.15) is 0 Å². The predicted molar refractivity (Wildman–Crippen MR) is 143 cm³/mol. The molecule has 1 atom stereocenters. The van der Waals surface area contributed by atoms with E-state index in [-0.39, 0.29) is 13.4 Å². The van der Waals surface area contributed by atoms with Gasteiger partial charge in [0.25, 0.3) is 0 Å². The number of para-hydroxylation sites is 1. The van der Waals surface area contributed by atoms with Crippen molar-refractivity contribution in [3.05, 3.63) is 66.4 Å². The topological polar surface area (TPSA) is 98.9 Å². The third-order valence-electron chi connectivity index (χ3n) is 5.89. The average Bonchev–Trinajstić information content (AvgIpc) is 3.25. The van der Waals surface area contributed by atoms with E-state index in [1.54, 1.807) is 19.4 Å². The van der Waals surface area contributed by atoms with Crippen LogP contribution < -0.4 is 9.57 Å². The zero-order valence-electron chi connectivity index (χ0n) is 21.1. The van der Waals surface area contributed by atoms with E-state index in [4.69, 9.17) is 19.4 Å². The minimum Gasteiger partial charge on any atom is -0.496 e. The number of aliphatic hydroxyl groups is 2. The van der Waals surface area contributed by atoms with Gasteiger partial charge >= 0.3 is 0 Å². The zero-order valence-corrected chi connectivity index (χ0v) is 22.1. The van der Waals surface area contributed by atoms with Crippen LogP contribution in [-0.4, -0.2) is 60.3 Å². The number of hydrogen-bond donors (Lipinski definition) is 2. The van der Waals surface area contributed by atoms with E-state index >= 15 is 0 Å². The van der Waals surface area contributed by atoms with E-state index in [1.165, 1.54) is 4.85 Å². The van der Waals surface area contributed by atoms with Crippen LogP contribution in [0.3, 0.4) is 0 Å². The lowest BCUT2D eigenvalue weighted by molar-refractivity contribution is -0.0634. The standard InChI is InChI=1S/C27H33N3O5Si/c1-33-25-11-6-5-10-22(25)26-23-15-21(19-8-7-9-20(14-19)24(32)17-31)16-28-27(23)30(29-26)35-18-34-12-13-36(2,3)4/h5-11,14-16,24,31-32H,12-13,17-18H2,1-4H3. The molecular formula is C27H33N3O5Si. The van der Waals surface area contributed by atoms with Crippen molar-refractivity contribution < 1.29 is 24.5 Å². The molecule has 0 aliphatic carbocycles. The van der Waals surface area contributed by atoms with E-state index in [9.17, 15) is 10.2 Å². The Kier molecular flexibility index (Phi) is 8.05. The summed E-state index contributed by atoms with van der Waals surface area (Å²) in [6, 6.07) is 18.1. The molecule has 0 aliphatic heterocycles. The van der Waals surface area contributed by atoms with Crippen LogP contribution in [0.2, 0.25) is 25.7 Å². The molecule has 0 bridgehead atoms. The van der Waals surface area contributed by atoms with Gasteiger partial charge in [-0.25, -0.2) is 4.98 Å². The number of nitrogens with zero attached hydrogens (tertiary/aromatic N) is 3. The van der Waals surface area contributed by atoms with E-state index < -0.39 is 14.2 Å². The Bertz CT molecular complexity index is 1320. The van der Waals surface area contributed by atoms with Gasteiger partial charge in [-0.05, 0) is 41.4 Å². The lowest BCUT2D eigenvalue weighted by atomic mass is 10.0. The van der Waals surface area contributed by atoms with Gasteiger partial charge in [-0.15, -0.1) is 5.10 Å². The van der Waals surface area contributed by atoms with Crippen molar-refractivity contribution >= 4 is 19.1 Å². The highest BCUT2D eigenvalue weighted by Gasteiger charge is 2.19. The minimum atomic E-state index is -1.19. The molecule has 9 heteroatoms. The lowest BCUT2D eigenvalue weighted by Gasteiger charge is -2.15. The molecule has 8 nitrogen and oxygen atoms in total. The Balaban J connectivity index is 1.72. The number of aromatic nitrogens is 3. The van der Waals surface area contributed by atoms with E-state index in [0.717, 1.165) is 28.1 Å². The highest BCUT2D eigenvalue weighted by Crippen LogP contribution is 2.35. The predicted octanol–water partition coefficient (Wildman–Crippen LogP) is 4.54. The molecule has 0 saturated carbocycles. The maximum Gasteiger partial charge on any atom is 0.216 e. The summed E-state index contributed by atoms with van der Waals surface area (Å²) < 4.78 is 11.3. The highest BCUT2D eigenvalue weighted by atomic mass is 28.3. The first-order valence-corrected chi connectivity index (χ1v) is 15.6. The normalized spacial score (nSPS) is 12.6. The fraction of sp³-hybridized carbons (Fsp3) is 0.333. The van der Waals surface area contributed by atoms with E-state index in [2.05, 4.69) is 24.6 Å². The van der Waals surface area contributed by atoms with Gasteiger partial charge in [-0.3, -0.25) is 0 Å². The second kappa shape index (κ2) is 11.2. The fourth-order valence-corrected chi connectivity index (χ4v) is 4.58. The molecule has 0 fully saturated rings. The quantitative estimate of drug-likeness (QED) is 0.175. The van der Waals surface area contributed by atoms with Crippen molar-refractivity contribution in [1.82, 2.24) is 14.9 Å². The first-order chi connectivity index (χ1) is 17.3. The summed E-state index contributed by atoms with van der Waals surface area (Å²) in [6.45, 7) is 7.28. The summed E-state index contributed by atoms with van der Waals surface area (Å²) >= 11 is 0. The number of rotatable bonds is 11. The highest BCUT2D eigenvalue weighted by molar-refractivity contribution is 6.76. The Morgan fingerprint density at radius 1 is 1.03 bits per heavy atom. The summed E-state index contributed by atoms with van der Waals surface area (Å²) in [5, 5.41) is 24.9. The summed E-state index contributed by atoms with van der Waals surface area (Å²) in [4.78, 5) is 11.9.